The van der Waals surface area contributed by atoms with Crippen LogP contribution >= 0.6 is 0 Å². The van der Waals surface area contributed by atoms with Crippen molar-refractivity contribution in [1.82, 2.24) is 24.6 Å². The molecule has 0 N–H and O–H groups in total. The minimum Gasteiger partial charge on any atom is -0.356 e. The molecule has 6 nitrogen and oxygen atoms in total. The summed E-state index contributed by atoms with van der Waals surface area (Å²) in [5.74, 6) is 2.61. The Kier molecular flexibility index (Phi) is 3.73. The number of aromatic nitrogens is 4. The van der Waals surface area contributed by atoms with Gasteiger partial charge < -0.3 is 4.90 Å². The number of hydrogen-bond donors (Lipinski definition) is 0. The molecular weight excluding hydrogens is 312 g/mol. The second-order valence-electron chi connectivity index (χ2n) is 7.94. The summed E-state index contributed by atoms with van der Waals surface area (Å²) < 4.78 is 2.23. The lowest BCUT2D eigenvalue weighted by Crippen LogP contribution is -2.29. The lowest BCUT2D eigenvalue weighted by Gasteiger charge is -2.21. The van der Waals surface area contributed by atoms with Gasteiger partial charge >= 0.3 is 0 Å². The summed E-state index contributed by atoms with van der Waals surface area (Å²) in [6, 6.07) is 4.44. The summed E-state index contributed by atoms with van der Waals surface area (Å²) in [6.45, 7) is 8.78. The molecule has 0 aliphatic carbocycles. The zero-order chi connectivity index (χ0) is 16.8. The maximum absolute atomic E-state index is 4.83. The molecule has 0 amide bonds. The van der Waals surface area contributed by atoms with Gasteiger partial charge in [0.1, 0.15) is 12.1 Å². The highest BCUT2D eigenvalue weighted by molar-refractivity contribution is 5.40. The van der Waals surface area contributed by atoms with Crippen molar-refractivity contribution >= 4 is 5.82 Å². The summed E-state index contributed by atoms with van der Waals surface area (Å²) in [6.07, 6.45) is 5.48. The molecule has 3 aliphatic rings. The minimum atomic E-state index is 0.757. The maximum Gasteiger partial charge on any atom is 0.132 e. The SMILES string of the molecule is Cc1cc(N2CC3CN(Cc4cc5n(n4)CCCC5)CC3C2)ncn1. The average Bonchev–Trinajstić information content (AvgIpc) is 3.27. The number of likely N-dealkylation sites (tertiary alicyclic amines) is 1. The van der Waals surface area contributed by atoms with Crippen LogP contribution in [0.5, 0.6) is 0 Å². The largest absolute Gasteiger partial charge is 0.356 e. The van der Waals surface area contributed by atoms with Crippen LogP contribution in [0.3, 0.4) is 0 Å². The molecule has 0 bridgehead atoms. The van der Waals surface area contributed by atoms with Gasteiger partial charge in [-0.05, 0) is 44.1 Å². The molecule has 5 rings (SSSR count). The molecule has 0 spiro atoms. The summed E-state index contributed by atoms with van der Waals surface area (Å²) in [7, 11) is 0. The number of anilines is 1. The molecular formula is C19H26N6. The van der Waals surface area contributed by atoms with E-state index >= 15 is 0 Å². The van der Waals surface area contributed by atoms with Crippen molar-refractivity contribution in [3.05, 3.63) is 35.5 Å². The number of fused-ring (bicyclic) bond motifs is 2. The van der Waals surface area contributed by atoms with Gasteiger partial charge in [-0.3, -0.25) is 9.58 Å². The Hall–Kier alpha value is -1.95. The molecule has 2 fully saturated rings. The third-order valence-electron chi connectivity index (χ3n) is 6.03. The van der Waals surface area contributed by atoms with Crippen molar-refractivity contribution in [2.75, 3.05) is 31.1 Å². The summed E-state index contributed by atoms with van der Waals surface area (Å²) >= 11 is 0. The van der Waals surface area contributed by atoms with Crippen molar-refractivity contribution in [1.29, 1.82) is 0 Å². The van der Waals surface area contributed by atoms with E-state index in [1.807, 2.05) is 6.92 Å². The number of rotatable bonds is 3. The first-order valence-corrected chi connectivity index (χ1v) is 9.56. The van der Waals surface area contributed by atoms with Crippen molar-refractivity contribution in [3.63, 3.8) is 0 Å². The highest BCUT2D eigenvalue weighted by Gasteiger charge is 2.40. The quantitative estimate of drug-likeness (QED) is 0.855. The first-order valence-electron chi connectivity index (χ1n) is 9.56. The van der Waals surface area contributed by atoms with Gasteiger partial charge in [0.05, 0.1) is 5.69 Å². The van der Waals surface area contributed by atoms with Crippen LogP contribution in [0.4, 0.5) is 5.82 Å². The van der Waals surface area contributed by atoms with Crippen molar-refractivity contribution in [3.8, 4) is 0 Å². The Morgan fingerprint density at radius 1 is 1.04 bits per heavy atom. The van der Waals surface area contributed by atoms with Gasteiger partial charge in [0.15, 0.2) is 0 Å². The molecule has 0 aromatic carbocycles. The fourth-order valence-electron chi connectivity index (χ4n) is 4.80. The number of hydrogen-bond acceptors (Lipinski definition) is 5. The van der Waals surface area contributed by atoms with Crippen molar-refractivity contribution in [2.45, 2.75) is 39.3 Å². The Morgan fingerprint density at radius 2 is 1.88 bits per heavy atom. The standard InChI is InChI=1S/C19H26N6/c1-14-6-19(21-13-20-14)24-10-15-8-23(9-16(15)11-24)12-17-7-18-4-2-3-5-25(18)22-17/h6-7,13,15-16H,2-5,8-12H2,1H3. The summed E-state index contributed by atoms with van der Waals surface area (Å²) in [5.41, 5.74) is 3.75. The first-order chi connectivity index (χ1) is 12.2. The van der Waals surface area contributed by atoms with Gasteiger partial charge in [-0.15, -0.1) is 0 Å². The van der Waals surface area contributed by atoms with Crippen LogP contribution in [-0.2, 0) is 19.5 Å². The van der Waals surface area contributed by atoms with Crippen LogP contribution in [0.25, 0.3) is 0 Å². The van der Waals surface area contributed by atoms with E-state index in [-0.39, 0.29) is 0 Å². The van der Waals surface area contributed by atoms with E-state index in [4.69, 9.17) is 5.10 Å². The Bertz CT molecular complexity index is 732. The van der Waals surface area contributed by atoms with Gasteiger partial charge in [0, 0.05) is 56.7 Å². The smallest absolute Gasteiger partial charge is 0.132 e. The first kappa shape index (κ1) is 15.3. The molecule has 132 valence electrons. The van der Waals surface area contributed by atoms with E-state index in [2.05, 4.69) is 36.6 Å². The van der Waals surface area contributed by atoms with Gasteiger partial charge in [0.25, 0.3) is 0 Å². The third kappa shape index (κ3) is 2.92. The molecule has 2 atom stereocenters. The van der Waals surface area contributed by atoms with Gasteiger partial charge in [-0.1, -0.05) is 0 Å². The third-order valence-corrected chi connectivity index (χ3v) is 6.03. The molecule has 5 heterocycles. The van der Waals surface area contributed by atoms with E-state index in [1.165, 1.54) is 43.7 Å². The lowest BCUT2D eigenvalue weighted by atomic mass is 10.0. The van der Waals surface area contributed by atoms with E-state index in [0.29, 0.717) is 0 Å². The van der Waals surface area contributed by atoms with E-state index in [9.17, 15) is 0 Å². The number of nitrogens with zero attached hydrogens (tertiary/aromatic N) is 6. The van der Waals surface area contributed by atoms with Crippen LogP contribution < -0.4 is 4.90 Å². The molecule has 3 aliphatic heterocycles. The topological polar surface area (TPSA) is 50.1 Å². The fourth-order valence-corrected chi connectivity index (χ4v) is 4.80. The molecule has 0 saturated carbocycles. The van der Waals surface area contributed by atoms with E-state index in [1.54, 1.807) is 6.33 Å². The predicted molar refractivity (Wildman–Crippen MR) is 96.4 cm³/mol. The maximum atomic E-state index is 4.83. The molecule has 2 unspecified atom stereocenters. The Labute approximate surface area is 148 Å². The van der Waals surface area contributed by atoms with E-state index < -0.39 is 0 Å². The van der Waals surface area contributed by atoms with Crippen molar-refractivity contribution < 1.29 is 0 Å². The second kappa shape index (κ2) is 6.09. The van der Waals surface area contributed by atoms with Crippen LogP contribution in [0.15, 0.2) is 18.5 Å². The van der Waals surface area contributed by atoms with E-state index in [0.717, 1.165) is 49.5 Å². The highest BCUT2D eigenvalue weighted by Crippen LogP contribution is 2.34. The highest BCUT2D eigenvalue weighted by atomic mass is 15.3. The average molecular weight is 338 g/mol. The normalized spacial score (nSPS) is 26.0. The molecule has 2 aromatic rings. The Balaban J connectivity index is 1.21. The Morgan fingerprint density at radius 3 is 2.64 bits per heavy atom. The second-order valence-corrected chi connectivity index (χ2v) is 7.94. The molecule has 2 saturated heterocycles. The van der Waals surface area contributed by atoms with Gasteiger partial charge in [0.2, 0.25) is 0 Å². The number of aryl methyl sites for hydroxylation is 3. The van der Waals surface area contributed by atoms with Gasteiger partial charge in [-0.2, -0.15) is 5.10 Å². The van der Waals surface area contributed by atoms with Crippen molar-refractivity contribution in [2.24, 2.45) is 11.8 Å². The molecule has 6 heteroatoms. The van der Waals surface area contributed by atoms with Crippen LogP contribution in [0, 0.1) is 18.8 Å². The molecule has 0 radical (unpaired) electrons. The van der Waals surface area contributed by atoms with Gasteiger partial charge in [-0.25, -0.2) is 9.97 Å². The zero-order valence-corrected chi connectivity index (χ0v) is 14.9. The summed E-state index contributed by atoms with van der Waals surface area (Å²) in [5, 5.41) is 4.83. The molecule has 2 aromatic heterocycles. The summed E-state index contributed by atoms with van der Waals surface area (Å²) in [4.78, 5) is 13.7. The molecule has 25 heavy (non-hydrogen) atoms. The minimum absolute atomic E-state index is 0.757. The zero-order valence-electron chi connectivity index (χ0n) is 14.9. The van der Waals surface area contributed by atoms with Crippen LogP contribution in [-0.4, -0.2) is 50.8 Å². The van der Waals surface area contributed by atoms with Crippen LogP contribution in [0.1, 0.15) is 29.9 Å². The predicted octanol–water partition coefficient (Wildman–Crippen LogP) is 1.89. The monoisotopic (exact) mass is 338 g/mol. The fraction of sp³-hybridized carbons (Fsp3) is 0.632. The lowest BCUT2D eigenvalue weighted by molar-refractivity contribution is 0.303. The van der Waals surface area contributed by atoms with Crippen LogP contribution in [0.2, 0.25) is 0 Å².